The van der Waals surface area contributed by atoms with Crippen LogP contribution in [0.5, 0.6) is 0 Å². The molecule has 0 spiro atoms. The molecule has 0 bridgehead atoms. The van der Waals surface area contributed by atoms with Gasteiger partial charge in [0.25, 0.3) is 5.56 Å². The van der Waals surface area contributed by atoms with Gasteiger partial charge < -0.3 is 10.3 Å². The molecule has 74 valence electrons. The Labute approximate surface area is 80.8 Å². The summed E-state index contributed by atoms with van der Waals surface area (Å²) >= 11 is 0. The van der Waals surface area contributed by atoms with Gasteiger partial charge >= 0.3 is 0 Å². The third-order valence-corrected chi connectivity index (χ3v) is 2.10. The highest BCUT2D eigenvalue weighted by molar-refractivity contribution is 5.44. The Morgan fingerprint density at radius 2 is 2.29 bits per heavy atom. The zero-order valence-electron chi connectivity index (χ0n) is 7.97. The van der Waals surface area contributed by atoms with Crippen molar-refractivity contribution in [1.82, 2.24) is 14.2 Å². The zero-order valence-corrected chi connectivity index (χ0v) is 7.97. The Morgan fingerprint density at radius 1 is 1.50 bits per heavy atom. The molecule has 0 saturated carbocycles. The number of nitrogens with two attached hydrogens (primary N) is 1. The predicted molar refractivity (Wildman–Crippen MR) is 53.2 cm³/mol. The van der Waals surface area contributed by atoms with Crippen LogP contribution in [0.2, 0.25) is 0 Å². The summed E-state index contributed by atoms with van der Waals surface area (Å²) in [5.74, 6) is 0. The second-order valence-electron chi connectivity index (χ2n) is 3.20. The minimum absolute atomic E-state index is 0.0430. The lowest BCUT2D eigenvalue weighted by Gasteiger charge is -2.02. The van der Waals surface area contributed by atoms with Crippen LogP contribution >= 0.6 is 0 Å². The summed E-state index contributed by atoms with van der Waals surface area (Å²) in [6, 6.07) is 1.77. The van der Waals surface area contributed by atoms with Crippen LogP contribution < -0.4 is 11.3 Å². The quantitative estimate of drug-likeness (QED) is 0.714. The van der Waals surface area contributed by atoms with Crippen molar-refractivity contribution in [2.24, 2.45) is 5.73 Å². The lowest BCUT2D eigenvalue weighted by atomic mass is 10.4. The van der Waals surface area contributed by atoms with Gasteiger partial charge in [-0.2, -0.15) is 5.10 Å². The molecule has 0 amide bonds. The maximum absolute atomic E-state index is 11.8. The number of fused-ring (bicyclic) bond motifs is 1. The largest absolute Gasteiger partial charge is 0.329 e. The highest BCUT2D eigenvalue weighted by atomic mass is 16.1. The minimum atomic E-state index is -0.0430. The van der Waals surface area contributed by atoms with Gasteiger partial charge in [0.05, 0.1) is 5.69 Å². The van der Waals surface area contributed by atoms with Gasteiger partial charge in [-0.3, -0.25) is 4.79 Å². The minimum Gasteiger partial charge on any atom is -0.329 e. The van der Waals surface area contributed by atoms with Crippen molar-refractivity contribution in [2.45, 2.75) is 13.5 Å². The fraction of sp³-hybridized carbons (Fsp3) is 0.333. The first-order valence-corrected chi connectivity index (χ1v) is 4.48. The summed E-state index contributed by atoms with van der Waals surface area (Å²) in [7, 11) is 0. The molecule has 0 atom stereocenters. The molecular formula is C9H12N4O. The molecule has 0 unspecified atom stereocenters. The normalized spacial score (nSPS) is 11.0. The summed E-state index contributed by atoms with van der Waals surface area (Å²) < 4.78 is 3.18. The molecule has 0 radical (unpaired) electrons. The first-order chi connectivity index (χ1) is 6.72. The molecule has 5 heteroatoms. The van der Waals surface area contributed by atoms with Crippen LogP contribution in [-0.2, 0) is 6.54 Å². The lowest BCUT2D eigenvalue weighted by Crippen LogP contribution is -2.24. The molecule has 2 heterocycles. The maximum atomic E-state index is 11.8. The summed E-state index contributed by atoms with van der Waals surface area (Å²) in [6.07, 6.45) is 3.47. The van der Waals surface area contributed by atoms with Crippen LogP contribution in [-0.4, -0.2) is 20.7 Å². The van der Waals surface area contributed by atoms with Crippen LogP contribution in [0.3, 0.4) is 0 Å². The number of aromatic nitrogens is 3. The monoisotopic (exact) mass is 192 g/mol. The number of aryl methyl sites for hydroxylation is 1. The molecule has 0 fully saturated rings. The smallest absolute Gasteiger partial charge is 0.276 e. The molecule has 0 aliphatic rings. The maximum Gasteiger partial charge on any atom is 0.276 e. The second kappa shape index (κ2) is 3.26. The van der Waals surface area contributed by atoms with Crippen molar-refractivity contribution in [2.75, 3.05) is 6.54 Å². The van der Waals surface area contributed by atoms with Crippen molar-refractivity contribution in [3.63, 3.8) is 0 Å². The fourth-order valence-electron chi connectivity index (χ4n) is 1.46. The Morgan fingerprint density at radius 3 is 3.00 bits per heavy atom. The van der Waals surface area contributed by atoms with Gasteiger partial charge in [-0.1, -0.05) is 0 Å². The van der Waals surface area contributed by atoms with Gasteiger partial charge in [-0.15, -0.1) is 0 Å². The van der Waals surface area contributed by atoms with Crippen molar-refractivity contribution < 1.29 is 0 Å². The Bertz CT molecular complexity index is 511. The highest BCUT2D eigenvalue weighted by Gasteiger charge is 2.03. The molecule has 2 N–H and O–H groups in total. The molecule has 2 aromatic rings. The second-order valence-corrected chi connectivity index (χ2v) is 3.20. The molecule has 0 aliphatic heterocycles. The van der Waals surface area contributed by atoms with E-state index < -0.39 is 0 Å². The van der Waals surface area contributed by atoms with E-state index in [0.717, 1.165) is 5.69 Å². The average Bonchev–Trinajstić information content (AvgIpc) is 2.52. The molecule has 0 saturated heterocycles. The van der Waals surface area contributed by atoms with Crippen molar-refractivity contribution in [3.05, 3.63) is 34.5 Å². The van der Waals surface area contributed by atoms with E-state index in [0.29, 0.717) is 18.6 Å². The molecule has 5 nitrogen and oxygen atoms in total. The lowest BCUT2D eigenvalue weighted by molar-refractivity contribution is 0.673. The van der Waals surface area contributed by atoms with E-state index in [2.05, 4.69) is 5.10 Å². The first-order valence-electron chi connectivity index (χ1n) is 4.48. The first kappa shape index (κ1) is 8.96. The van der Waals surface area contributed by atoms with E-state index in [9.17, 15) is 4.79 Å². The predicted octanol–water partition coefficient (Wildman–Crippen LogP) is -0.237. The number of rotatable bonds is 2. The third kappa shape index (κ3) is 1.31. The Kier molecular flexibility index (Phi) is 2.09. The summed E-state index contributed by atoms with van der Waals surface area (Å²) in [5, 5.41) is 4.15. The van der Waals surface area contributed by atoms with Gasteiger partial charge in [-0.05, 0) is 13.0 Å². The van der Waals surface area contributed by atoms with Crippen molar-refractivity contribution in [1.29, 1.82) is 0 Å². The van der Waals surface area contributed by atoms with E-state index in [1.807, 2.05) is 6.92 Å². The van der Waals surface area contributed by atoms with Crippen molar-refractivity contribution >= 4 is 5.52 Å². The van der Waals surface area contributed by atoms with E-state index >= 15 is 0 Å². The van der Waals surface area contributed by atoms with E-state index in [-0.39, 0.29) is 5.56 Å². The van der Waals surface area contributed by atoms with Crippen LogP contribution in [0.25, 0.3) is 5.52 Å². The number of hydrogen-bond donors (Lipinski definition) is 1. The molecule has 14 heavy (non-hydrogen) atoms. The Hall–Kier alpha value is -1.62. The van der Waals surface area contributed by atoms with Gasteiger partial charge in [0.1, 0.15) is 5.52 Å². The zero-order chi connectivity index (χ0) is 10.1. The van der Waals surface area contributed by atoms with E-state index in [1.54, 1.807) is 27.5 Å². The van der Waals surface area contributed by atoms with Crippen LogP contribution in [0, 0.1) is 6.92 Å². The fourth-order valence-corrected chi connectivity index (χ4v) is 1.46. The van der Waals surface area contributed by atoms with Crippen LogP contribution in [0.4, 0.5) is 0 Å². The van der Waals surface area contributed by atoms with Gasteiger partial charge in [-0.25, -0.2) is 4.52 Å². The van der Waals surface area contributed by atoms with Crippen molar-refractivity contribution in [3.8, 4) is 0 Å². The molecule has 2 rings (SSSR count). The molecule has 2 aromatic heterocycles. The summed E-state index contributed by atoms with van der Waals surface area (Å²) in [4.78, 5) is 11.8. The topological polar surface area (TPSA) is 65.3 Å². The van der Waals surface area contributed by atoms with Crippen LogP contribution in [0.1, 0.15) is 5.69 Å². The average molecular weight is 192 g/mol. The number of nitrogens with zero attached hydrogens (tertiary/aromatic N) is 3. The van der Waals surface area contributed by atoms with Gasteiger partial charge in [0, 0.05) is 25.5 Å². The Balaban J connectivity index is 2.68. The van der Waals surface area contributed by atoms with Gasteiger partial charge in [0.15, 0.2) is 0 Å². The highest BCUT2D eigenvalue weighted by Crippen LogP contribution is 1.99. The molecule has 0 aliphatic carbocycles. The SMILES string of the molecule is Cc1cc2c(=O)n(CCN)ccn2n1. The molecule has 0 aromatic carbocycles. The third-order valence-electron chi connectivity index (χ3n) is 2.10. The molecular weight excluding hydrogens is 180 g/mol. The summed E-state index contributed by atoms with van der Waals surface area (Å²) in [5.41, 5.74) is 6.79. The van der Waals surface area contributed by atoms with Crippen LogP contribution in [0.15, 0.2) is 23.3 Å². The van der Waals surface area contributed by atoms with E-state index in [4.69, 9.17) is 5.73 Å². The van der Waals surface area contributed by atoms with Gasteiger partial charge in [0.2, 0.25) is 0 Å². The van der Waals surface area contributed by atoms with E-state index in [1.165, 1.54) is 0 Å². The standard InChI is InChI=1S/C9H12N4O/c1-7-6-8-9(14)12(3-2-10)4-5-13(8)11-7/h4-6H,2-3,10H2,1H3. The summed E-state index contributed by atoms with van der Waals surface area (Å²) in [6.45, 7) is 2.86. The number of hydrogen-bond acceptors (Lipinski definition) is 3.